The van der Waals surface area contributed by atoms with E-state index in [1.54, 1.807) is 7.11 Å². The highest BCUT2D eigenvalue weighted by molar-refractivity contribution is 5.97. The van der Waals surface area contributed by atoms with E-state index >= 15 is 0 Å². The molecule has 0 unspecified atom stereocenters. The van der Waals surface area contributed by atoms with Crippen LogP contribution in [0.3, 0.4) is 0 Å². The lowest BCUT2D eigenvalue weighted by atomic mass is 11.8. The summed E-state index contributed by atoms with van der Waals surface area (Å²) in [5, 5.41) is 0. The van der Waals surface area contributed by atoms with Crippen LogP contribution in [0, 0.1) is 0 Å². The molecule has 0 spiro atoms. The van der Waals surface area contributed by atoms with Gasteiger partial charge in [-0.05, 0) is 11.0 Å². The van der Waals surface area contributed by atoms with E-state index in [4.69, 9.17) is 0 Å². The second-order valence-corrected chi connectivity index (χ2v) is 1.22. The molecule has 0 aromatic heterocycles. The molecule has 2 nitrogen and oxygen atoms in total. The van der Waals surface area contributed by atoms with Crippen molar-refractivity contribution in [2.45, 2.75) is 0 Å². The van der Waals surface area contributed by atoms with Crippen LogP contribution in [0.5, 0.6) is 0 Å². The van der Waals surface area contributed by atoms with Crippen molar-refractivity contribution < 1.29 is 9.90 Å². The molecule has 4 heteroatoms. The van der Waals surface area contributed by atoms with Crippen LogP contribution in [-0.2, 0) is 4.43 Å². The molecule has 0 rings (SSSR count). The minimum Gasteiger partial charge on any atom is -0.431 e. The standard InChI is InChI=1S/CH6OSi.H2O.H4Si/c1-2-3;;/h1,3H3;1H2;1H4. The Labute approximate surface area is 39.4 Å². The molecule has 0 aromatic carbocycles. The SMILES string of the molecule is CO[SiH3].O.[SiH4]. The summed E-state index contributed by atoms with van der Waals surface area (Å²) in [5.74, 6) is 0. The predicted octanol–water partition coefficient (Wildman–Crippen LogP) is -3.36. The van der Waals surface area contributed by atoms with Crippen LogP contribution in [0.2, 0.25) is 0 Å². The molecule has 0 aliphatic carbocycles. The van der Waals surface area contributed by atoms with Gasteiger partial charge in [0, 0.05) is 7.11 Å². The van der Waals surface area contributed by atoms with Crippen molar-refractivity contribution in [1.82, 2.24) is 0 Å². The van der Waals surface area contributed by atoms with Gasteiger partial charge >= 0.3 is 0 Å². The zero-order valence-corrected chi connectivity index (χ0v) is 4.91. The summed E-state index contributed by atoms with van der Waals surface area (Å²) in [5.41, 5.74) is 0. The van der Waals surface area contributed by atoms with Gasteiger partial charge in [-0.15, -0.1) is 0 Å². The fraction of sp³-hybridized carbons (Fsp3) is 1.00. The van der Waals surface area contributed by atoms with E-state index in [0.29, 0.717) is 0 Å². The van der Waals surface area contributed by atoms with Gasteiger partial charge in [0.15, 0.2) is 0 Å². The molecule has 0 atom stereocenters. The minimum atomic E-state index is 0. The van der Waals surface area contributed by atoms with Gasteiger partial charge in [0.05, 0.1) is 0 Å². The van der Waals surface area contributed by atoms with Crippen LogP contribution >= 0.6 is 0 Å². The molecule has 0 aliphatic heterocycles. The highest BCUT2D eigenvalue weighted by Gasteiger charge is 1.27. The summed E-state index contributed by atoms with van der Waals surface area (Å²) < 4.78 is 4.39. The van der Waals surface area contributed by atoms with Gasteiger partial charge in [0.1, 0.15) is 10.5 Å². The molecule has 0 aliphatic rings. The molecule has 0 fully saturated rings. The van der Waals surface area contributed by atoms with Crippen LogP contribution in [0.25, 0.3) is 0 Å². The zero-order valence-electron chi connectivity index (χ0n) is 2.91. The Balaban J connectivity index is -0.0000000200. The minimum absolute atomic E-state index is 0. The van der Waals surface area contributed by atoms with Gasteiger partial charge in [0.25, 0.3) is 0 Å². The van der Waals surface area contributed by atoms with E-state index in [0.717, 1.165) is 10.5 Å². The first-order chi connectivity index (χ1) is 1.41. The second-order valence-electron chi connectivity index (χ2n) is 0.408. The van der Waals surface area contributed by atoms with E-state index in [1.165, 1.54) is 0 Å². The first kappa shape index (κ1) is 18.3. The van der Waals surface area contributed by atoms with Crippen molar-refractivity contribution in [3.05, 3.63) is 0 Å². The first-order valence-electron chi connectivity index (χ1n) is 0.816. The molecule has 0 bridgehead atoms. The van der Waals surface area contributed by atoms with Crippen molar-refractivity contribution >= 4 is 21.5 Å². The van der Waals surface area contributed by atoms with Gasteiger partial charge in [-0.2, -0.15) is 0 Å². The largest absolute Gasteiger partial charge is 0.431 e. The molecule has 0 heterocycles. The lowest BCUT2D eigenvalue weighted by Crippen LogP contribution is -1.60. The maximum Gasteiger partial charge on any atom is 0.145 e. The molecule has 0 radical (unpaired) electrons. The Hall–Kier alpha value is 0.354. The average molecular weight is 112 g/mol. The normalized spacial score (nSPS) is 4.20. The summed E-state index contributed by atoms with van der Waals surface area (Å²) in [7, 11) is 2.56. The average Bonchev–Trinajstić information content (AvgIpc) is 0.918. The lowest BCUT2D eigenvalue weighted by molar-refractivity contribution is 0.460. The molecule has 36 valence electrons. The number of rotatable bonds is 0. The third kappa shape index (κ3) is 193. The van der Waals surface area contributed by atoms with Gasteiger partial charge < -0.3 is 9.90 Å². The highest BCUT2D eigenvalue weighted by Crippen LogP contribution is 1.24. The molecule has 5 heavy (non-hydrogen) atoms. The molecule has 0 saturated carbocycles. The summed E-state index contributed by atoms with van der Waals surface area (Å²) in [6.07, 6.45) is 0. The van der Waals surface area contributed by atoms with Crippen LogP contribution < -0.4 is 0 Å². The Morgan fingerprint density at radius 2 is 1.60 bits per heavy atom. The fourth-order valence-electron chi connectivity index (χ4n) is 0. The van der Waals surface area contributed by atoms with Crippen LogP contribution in [0.1, 0.15) is 0 Å². The highest BCUT2D eigenvalue weighted by atomic mass is 28.2. The van der Waals surface area contributed by atoms with E-state index < -0.39 is 0 Å². The van der Waals surface area contributed by atoms with Crippen molar-refractivity contribution in [1.29, 1.82) is 0 Å². The summed E-state index contributed by atoms with van der Waals surface area (Å²) in [4.78, 5) is 0. The van der Waals surface area contributed by atoms with E-state index in [1.807, 2.05) is 0 Å². The molecule has 2 N–H and O–H groups in total. The predicted molar refractivity (Wildman–Crippen MR) is 31.9 cm³/mol. The van der Waals surface area contributed by atoms with E-state index in [9.17, 15) is 0 Å². The summed E-state index contributed by atoms with van der Waals surface area (Å²) in [6, 6.07) is 0. The van der Waals surface area contributed by atoms with Crippen LogP contribution in [0.4, 0.5) is 0 Å². The smallest absolute Gasteiger partial charge is 0.145 e. The van der Waals surface area contributed by atoms with Crippen molar-refractivity contribution in [2.24, 2.45) is 0 Å². The van der Waals surface area contributed by atoms with Gasteiger partial charge in [-0.25, -0.2) is 0 Å². The molecule has 0 saturated heterocycles. The van der Waals surface area contributed by atoms with Crippen molar-refractivity contribution in [2.75, 3.05) is 7.11 Å². The maximum absolute atomic E-state index is 4.39. The van der Waals surface area contributed by atoms with Gasteiger partial charge in [-0.3, -0.25) is 0 Å². The fourth-order valence-corrected chi connectivity index (χ4v) is 0. The Morgan fingerprint density at radius 3 is 1.60 bits per heavy atom. The van der Waals surface area contributed by atoms with Crippen molar-refractivity contribution in [3.63, 3.8) is 0 Å². The Bertz CT molecular complexity index is 7.61. The molecular weight excluding hydrogens is 100 g/mol. The second kappa shape index (κ2) is 26.7. The van der Waals surface area contributed by atoms with E-state index in [2.05, 4.69) is 4.43 Å². The van der Waals surface area contributed by atoms with Gasteiger partial charge in [0.2, 0.25) is 0 Å². The summed E-state index contributed by atoms with van der Waals surface area (Å²) in [6.45, 7) is 0. The Morgan fingerprint density at radius 1 is 1.60 bits per heavy atom. The van der Waals surface area contributed by atoms with Crippen LogP contribution in [0.15, 0.2) is 0 Å². The Kier molecular flexibility index (Phi) is 97.9. The topological polar surface area (TPSA) is 40.7 Å². The zero-order chi connectivity index (χ0) is 2.71. The molecular formula is CH12O2Si2. The quantitative estimate of drug-likeness (QED) is 0.302. The third-order valence-electron chi connectivity index (χ3n) is 0. The van der Waals surface area contributed by atoms with Crippen LogP contribution in [-0.4, -0.2) is 34.0 Å². The third-order valence-corrected chi connectivity index (χ3v) is 0. The van der Waals surface area contributed by atoms with Crippen molar-refractivity contribution in [3.8, 4) is 0 Å². The number of hydrogen-bond donors (Lipinski definition) is 0. The lowest BCUT2D eigenvalue weighted by Gasteiger charge is -1.61. The molecule has 0 amide bonds. The first-order valence-corrected chi connectivity index (χ1v) is 1.63. The van der Waals surface area contributed by atoms with Gasteiger partial charge in [-0.1, -0.05) is 0 Å². The molecule has 0 aromatic rings. The monoisotopic (exact) mass is 112 g/mol. The summed E-state index contributed by atoms with van der Waals surface area (Å²) >= 11 is 0. The van der Waals surface area contributed by atoms with E-state index in [-0.39, 0.29) is 16.4 Å². The maximum atomic E-state index is 4.39. The number of hydrogen-bond acceptors (Lipinski definition) is 1.